The molecular weight excluding hydrogens is 474 g/mol. The molecule has 2 saturated heterocycles. The van der Waals surface area contributed by atoms with Crippen LogP contribution in [0.3, 0.4) is 0 Å². The number of thiazole rings is 1. The van der Waals surface area contributed by atoms with E-state index in [4.69, 9.17) is 26.2 Å². The van der Waals surface area contributed by atoms with Gasteiger partial charge in [-0.25, -0.2) is 4.98 Å². The molecule has 2 fully saturated rings. The maximum Gasteiger partial charge on any atom is 0.373 e. The van der Waals surface area contributed by atoms with Crippen molar-refractivity contribution < 1.29 is 9.59 Å². The average molecular weight is 502 g/mol. The van der Waals surface area contributed by atoms with Crippen LogP contribution in [0.4, 0.5) is 10.8 Å². The Balaban J connectivity index is 0.000000868. The number of anilines is 2. The number of hydrogen-bond donors (Lipinski definition) is 0. The zero-order valence-corrected chi connectivity index (χ0v) is 21.1. The zero-order valence-electron chi connectivity index (χ0n) is 19.6. The molecule has 34 heavy (non-hydrogen) atoms. The molecule has 4 heterocycles. The van der Waals surface area contributed by atoms with E-state index in [0.717, 1.165) is 53.4 Å². The molecular formula is C23H28ClN7O2S. The van der Waals surface area contributed by atoms with Gasteiger partial charge in [0.2, 0.25) is 5.82 Å². The van der Waals surface area contributed by atoms with Crippen LogP contribution in [-0.4, -0.2) is 57.5 Å². The van der Waals surface area contributed by atoms with Gasteiger partial charge in [-0.15, -0.1) is 10.2 Å². The summed E-state index contributed by atoms with van der Waals surface area (Å²) in [5.41, 5.74) is 1.57. The molecule has 2 aliphatic heterocycles. The van der Waals surface area contributed by atoms with Crippen molar-refractivity contribution in [2.75, 3.05) is 36.0 Å². The molecule has 9 nitrogen and oxygen atoms in total. The third kappa shape index (κ3) is 5.46. The number of carbonyl (C=O) groups excluding carboxylic acids is 2. The Morgan fingerprint density at radius 2 is 1.79 bits per heavy atom. The number of benzene rings is 1. The molecule has 11 heteroatoms. The van der Waals surface area contributed by atoms with Crippen LogP contribution >= 0.6 is 22.9 Å². The lowest BCUT2D eigenvalue weighted by atomic mass is 9.86. The van der Waals surface area contributed by atoms with E-state index in [-0.39, 0.29) is 11.6 Å². The van der Waals surface area contributed by atoms with Crippen molar-refractivity contribution in [3.8, 4) is 10.7 Å². The average Bonchev–Trinajstić information content (AvgIpc) is 3.56. The summed E-state index contributed by atoms with van der Waals surface area (Å²) in [6, 6.07) is 8.16. The van der Waals surface area contributed by atoms with Gasteiger partial charge in [-0.1, -0.05) is 55.8 Å². The van der Waals surface area contributed by atoms with E-state index in [2.05, 4.69) is 58.1 Å². The second-order valence-electron chi connectivity index (χ2n) is 10.1. The second kappa shape index (κ2) is 9.82. The highest BCUT2D eigenvalue weighted by molar-refractivity contribution is 7.18. The van der Waals surface area contributed by atoms with Crippen LogP contribution in [-0.2, 0) is 16.1 Å². The third-order valence-electron chi connectivity index (χ3n) is 6.12. The number of para-hydroxylation sites is 1. The van der Waals surface area contributed by atoms with Gasteiger partial charge in [0, 0.05) is 31.6 Å². The van der Waals surface area contributed by atoms with Gasteiger partial charge >= 0.3 is 6.15 Å². The summed E-state index contributed by atoms with van der Waals surface area (Å²) >= 11 is 8.10. The first-order valence-electron chi connectivity index (χ1n) is 11.2. The van der Waals surface area contributed by atoms with Crippen LogP contribution in [0.5, 0.6) is 0 Å². The first kappa shape index (κ1) is 24.3. The highest BCUT2D eigenvalue weighted by Gasteiger charge is 2.44. The molecule has 180 valence electrons. The predicted octanol–water partition coefficient (Wildman–Crippen LogP) is 4.02. The fraction of sp³-hybridized carbons (Fsp3) is 0.522. The predicted molar refractivity (Wildman–Crippen MR) is 131 cm³/mol. The lowest BCUT2D eigenvalue weighted by Gasteiger charge is -2.26. The molecule has 5 rings (SSSR count). The molecule has 0 aliphatic carbocycles. The van der Waals surface area contributed by atoms with Gasteiger partial charge < -0.3 is 9.80 Å². The van der Waals surface area contributed by atoms with E-state index in [9.17, 15) is 0 Å². The molecule has 1 spiro atoms. The van der Waals surface area contributed by atoms with Crippen LogP contribution in [0, 0.1) is 10.8 Å². The first-order valence-corrected chi connectivity index (χ1v) is 12.4. The van der Waals surface area contributed by atoms with Crippen LogP contribution in [0.25, 0.3) is 10.7 Å². The molecule has 1 aromatic carbocycles. The molecule has 1 atom stereocenters. The summed E-state index contributed by atoms with van der Waals surface area (Å²) in [7, 11) is 0. The minimum atomic E-state index is 0.111. The molecule has 2 aliphatic rings. The first-order chi connectivity index (χ1) is 16.2. The van der Waals surface area contributed by atoms with E-state index in [0.29, 0.717) is 11.2 Å². The van der Waals surface area contributed by atoms with Crippen LogP contribution in [0.1, 0.15) is 33.6 Å². The molecule has 0 amide bonds. The van der Waals surface area contributed by atoms with Gasteiger partial charge in [0.05, 0.1) is 28.3 Å². The van der Waals surface area contributed by atoms with Crippen molar-refractivity contribution in [2.24, 2.45) is 10.8 Å². The Bertz CT molecular complexity index is 1170. The van der Waals surface area contributed by atoms with Crippen molar-refractivity contribution in [3.05, 3.63) is 35.5 Å². The van der Waals surface area contributed by atoms with Crippen LogP contribution < -0.4 is 9.80 Å². The van der Waals surface area contributed by atoms with Gasteiger partial charge in [0.25, 0.3) is 0 Å². The third-order valence-corrected chi connectivity index (χ3v) is 7.50. The lowest BCUT2D eigenvalue weighted by Crippen LogP contribution is -2.30. The van der Waals surface area contributed by atoms with Crippen molar-refractivity contribution in [1.29, 1.82) is 0 Å². The van der Waals surface area contributed by atoms with E-state index in [1.807, 2.05) is 18.3 Å². The quantitative estimate of drug-likeness (QED) is 0.528. The Kier molecular flexibility index (Phi) is 7.02. The summed E-state index contributed by atoms with van der Waals surface area (Å²) in [6.07, 6.45) is 4.51. The SMILES string of the molecule is CC(C)(C)Cn1nnc(-c2cnc(N3CCC4(CCN(c5ccccc5Cl)C4)C3)s2)n1.O=C=O. The number of hydrogen-bond acceptors (Lipinski definition) is 9. The van der Waals surface area contributed by atoms with Gasteiger partial charge in [0.1, 0.15) is 0 Å². The van der Waals surface area contributed by atoms with Gasteiger partial charge in [-0.2, -0.15) is 14.4 Å². The maximum absolute atomic E-state index is 8.12. The Labute approximate surface area is 207 Å². The monoisotopic (exact) mass is 501 g/mol. The lowest BCUT2D eigenvalue weighted by molar-refractivity contribution is -0.191. The molecule has 1 unspecified atom stereocenters. The largest absolute Gasteiger partial charge is 0.373 e. The van der Waals surface area contributed by atoms with Gasteiger partial charge in [-0.3, -0.25) is 0 Å². The molecule has 0 N–H and O–H groups in total. The smallest absolute Gasteiger partial charge is 0.370 e. The van der Waals surface area contributed by atoms with E-state index >= 15 is 0 Å². The Morgan fingerprint density at radius 3 is 2.50 bits per heavy atom. The fourth-order valence-electron chi connectivity index (χ4n) is 4.63. The van der Waals surface area contributed by atoms with E-state index in [1.165, 1.54) is 12.8 Å². The maximum atomic E-state index is 8.12. The summed E-state index contributed by atoms with van der Waals surface area (Å²) < 4.78 is 0. The van der Waals surface area contributed by atoms with Crippen molar-refractivity contribution >= 4 is 39.9 Å². The molecule has 0 bridgehead atoms. The Hall–Kier alpha value is -2.81. The topological polar surface area (TPSA) is 97.1 Å². The number of rotatable bonds is 4. The summed E-state index contributed by atoms with van der Waals surface area (Å²) in [4.78, 5) is 28.5. The van der Waals surface area contributed by atoms with Crippen molar-refractivity contribution in [3.63, 3.8) is 0 Å². The number of tetrazole rings is 1. The van der Waals surface area contributed by atoms with Crippen LogP contribution in [0.2, 0.25) is 5.02 Å². The normalized spacial score (nSPS) is 19.9. The number of aromatic nitrogens is 5. The minimum Gasteiger partial charge on any atom is -0.370 e. The Morgan fingerprint density at radius 1 is 1.12 bits per heavy atom. The highest BCUT2D eigenvalue weighted by Crippen LogP contribution is 2.44. The number of halogens is 1. The summed E-state index contributed by atoms with van der Waals surface area (Å²) in [5.74, 6) is 0.660. The van der Waals surface area contributed by atoms with Gasteiger partial charge in [-0.05, 0) is 35.6 Å². The summed E-state index contributed by atoms with van der Waals surface area (Å²) in [5, 5.41) is 14.9. The van der Waals surface area contributed by atoms with E-state index < -0.39 is 0 Å². The molecule has 0 radical (unpaired) electrons. The molecule has 2 aromatic heterocycles. The van der Waals surface area contributed by atoms with Gasteiger partial charge in [0.15, 0.2) is 5.13 Å². The number of nitrogens with zero attached hydrogens (tertiary/aromatic N) is 7. The second-order valence-corrected chi connectivity index (χ2v) is 11.5. The summed E-state index contributed by atoms with van der Waals surface area (Å²) in [6.45, 7) is 11.4. The molecule has 0 saturated carbocycles. The van der Waals surface area contributed by atoms with Crippen molar-refractivity contribution in [1.82, 2.24) is 25.2 Å². The van der Waals surface area contributed by atoms with E-state index in [1.54, 1.807) is 16.1 Å². The standard InChI is InChI=1S/C22H28ClN7S.CO2/c1-21(2,3)13-30-26-19(25-27-30)18-12-24-20(31-18)29-11-9-22(15-29)8-10-28(14-22)17-7-5-4-6-16(17)23;2-1-3/h4-7,12H,8-11,13-15H2,1-3H3;. The zero-order chi connectivity index (χ0) is 24.3. The minimum absolute atomic E-state index is 0.111. The fourth-order valence-corrected chi connectivity index (χ4v) is 5.75. The van der Waals surface area contributed by atoms with Crippen LogP contribution in [0.15, 0.2) is 30.5 Å². The van der Waals surface area contributed by atoms with Crippen molar-refractivity contribution in [2.45, 2.75) is 40.2 Å². The molecule has 3 aromatic rings. The highest BCUT2D eigenvalue weighted by atomic mass is 35.5.